The number of hydrogen-bond acceptors (Lipinski definition) is 5. The van der Waals surface area contributed by atoms with Gasteiger partial charge >= 0.3 is 0 Å². The molecule has 1 saturated heterocycles. The van der Waals surface area contributed by atoms with E-state index in [0.29, 0.717) is 0 Å². The molecule has 0 bridgehead atoms. The van der Waals surface area contributed by atoms with Crippen LogP contribution in [0.15, 0.2) is 59.5 Å². The molecule has 3 rings (SSSR count). The van der Waals surface area contributed by atoms with E-state index in [9.17, 15) is 13.5 Å². The zero-order chi connectivity index (χ0) is 20.4. The monoisotopic (exact) mass is 405 g/mol. The maximum atomic E-state index is 13.6. The first kappa shape index (κ1) is 21.0. The fourth-order valence-corrected chi connectivity index (χ4v) is 4.83. The average Bonchev–Trinajstić information content (AvgIpc) is 2.68. The predicted molar refractivity (Wildman–Crippen MR) is 106 cm³/mol. The molecular weight excluding hydrogens is 378 g/mol. The average molecular weight is 406 g/mol. The molecule has 1 aliphatic heterocycles. The van der Waals surface area contributed by atoms with E-state index in [-0.39, 0.29) is 24.7 Å². The first-order valence-electron chi connectivity index (χ1n) is 9.21. The molecule has 28 heavy (non-hydrogen) atoms. The van der Waals surface area contributed by atoms with E-state index in [4.69, 9.17) is 9.47 Å². The van der Waals surface area contributed by atoms with Gasteiger partial charge in [-0.25, -0.2) is 8.42 Å². The van der Waals surface area contributed by atoms with E-state index in [1.54, 1.807) is 38.1 Å². The molecule has 1 N–H and O–H groups in total. The van der Waals surface area contributed by atoms with Gasteiger partial charge in [-0.2, -0.15) is 4.31 Å². The van der Waals surface area contributed by atoms with Crippen LogP contribution in [-0.2, 0) is 26.0 Å². The van der Waals surface area contributed by atoms with Crippen LogP contribution in [0.4, 0.5) is 0 Å². The molecule has 0 unspecified atom stereocenters. The minimum Gasteiger partial charge on any atom is -0.394 e. The van der Waals surface area contributed by atoms with E-state index >= 15 is 0 Å². The largest absolute Gasteiger partial charge is 0.394 e. The van der Waals surface area contributed by atoms with E-state index in [0.717, 1.165) is 11.1 Å². The van der Waals surface area contributed by atoms with Crippen molar-refractivity contribution in [1.82, 2.24) is 4.31 Å². The zero-order valence-corrected chi connectivity index (χ0v) is 17.3. The van der Waals surface area contributed by atoms with Crippen LogP contribution in [0.1, 0.15) is 25.0 Å². The maximum Gasteiger partial charge on any atom is 0.244 e. The van der Waals surface area contributed by atoms with Crippen molar-refractivity contribution >= 4 is 10.0 Å². The van der Waals surface area contributed by atoms with Gasteiger partial charge in [0.1, 0.15) is 5.54 Å². The van der Waals surface area contributed by atoms with Gasteiger partial charge in [-0.05, 0) is 38.5 Å². The molecule has 0 saturated carbocycles. The highest BCUT2D eigenvalue weighted by Crippen LogP contribution is 2.33. The Kier molecular flexibility index (Phi) is 5.93. The summed E-state index contributed by atoms with van der Waals surface area (Å²) in [4.78, 5) is 0.173. The molecule has 0 amide bonds. The Bertz CT molecular complexity index is 884. The Balaban J connectivity index is 2.05. The van der Waals surface area contributed by atoms with E-state index in [2.05, 4.69) is 0 Å². The van der Waals surface area contributed by atoms with Crippen LogP contribution in [0, 0.1) is 6.92 Å². The van der Waals surface area contributed by atoms with Crippen LogP contribution in [-0.4, -0.2) is 49.0 Å². The van der Waals surface area contributed by atoms with Crippen molar-refractivity contribution in [2.24, 2.45) is 0 Å². The molecule has 2 aromatic rings. The zero-order valence-electron chi connectivity index (χ0n) is 16.5. The fourth-order valence-electron chi connectivity index (χ4n) is 3.11. The van der Waals surface area contributed by atoms with Gasteiger partial charge in [0.15, 0.2) is 5.79 Å². The van der Waals surface area contributed by atoms with Gasteiger partial charge in [0.2, 0.25) is 10.0 Å². The summed E-state index contributed by atoms with van der Waals surface area (Å²) in [5, 5.41) is 10.2. The number of rotatable bonds is 6. The topological polar surface area (TPSA) is 76.1 Å². The molecular formula is C21H27NO5S. The van der Waals surface area contributed by atoms with E-state index < -0.39 is 28.0 Å². The lowest BCUT2D eigenvalue weighted by Crippen LogP contribution is -2.64. The van der Waals surface area contributed by atoms with Crippen LogP contribution >= 0.6 is 0 Å². The van der Waals surface area contributed by atoms with Crippen molar-refractivity contribution in [3.63, 3.8) is 0 Å². The predicted octanol–water partition coefficient (Wildman–Crippen LogP) is 2.70. The quantitative estimate of drug-likeness (QED) is 0.800. The third-order valence-electron chi connectivity index (χ3n) is 4.98. The van der Waals surface area contributed by atoms with Crippen LogP contribution in [0.2, 0.25) is 0 Å². The molecule has 0 aliphatic carbocycles. The second kappa shape index (κ2) is 7.93. The Hall–Kier alpha value is -1.77. The number of benzene rings is 2. The number of aryl methyl sites for hydroxylation is 1. The van der Waals surface area contributed by atoms with Gasteiger partial charge in [0, 0.05) is 6.54 Å². The number of nitrogens with zero attached hydrogens (tertiary/aromatic N) is 1. The van der Waals surface area contributed by atoms with Crippen molar-refractivity contribution in [2.45, 2.75) is 43.5 Å². The minimum absolute atomic E-state index is 0.0361. The Morgan fingerprint density at radius 3 is 2.11 bits per heavy atom. The highest BCUT2D eigenvalue weighted by Gasteiger charge is 2.49. The lowest BCUT2D eigenvalue weighted by molar-refractivity contribution is -0.285. The molecule has 0 atom stereocenters. The van der Waals surface area contributed by atoms with Gasteiger partial charge in [-0.15, -0.1) is 0 Å². The molecule has 152 valence electrons. The van der Waals surface area contributed by atoms with Gasteiger partial charge in [-0.3, -0.25) is 0 Å². The van der Waals surface area contributed by atoms with Crippen LogP contribution in [0.5, 0.6) is 0 Å². The van der Waals surface area contributed by atoms with Gasteiger partial charge < -0.3 is 14.6 Å². The Morgan fingerprint density at radius 1 is 1.00 bits per heavy atom. The third-order valence-corrected chi connectivity index (χ3v) is 6.94. The Labute approximate surface area is 166 Å². The number of ether oxygens (including phenoxy) is 2. The highest BCUT2D eigenvalue weighted by molar-refractivity contribution is 7.89. The van der Waals surface area contributed by atoms with Gasteiger partial charge in [0.05, 0.1) is 24.7 Å². The van der Waals surface area contributed by atoms with Gasteiger partial charge in [-0.1, -0.05) is 48.0 Å². The van der Waals surface area contributed by atoms with Crippen LogP contribution in [0.25, 0.3) is 0 Å². The van der Waals surface area contributed by atoms with Crippen LogP contribution in [0.3, 0.4) is 0 Å². The van der Waals surface area contributed by atoms with E-state index in [1.165, 1.54) is 4.31 Å². The third kappa shape index (κ3) is 4.29. The van der Waals surface area contributed by atoms with E-state index in [1.807, 2.05) is 37.3 Å². The number of aliphatic hydroxyl groups excluding tert-OH is 1. The summed E-state index contributed by atoms with van der Waals surface area (Å²) < 4.78 is 40.0. The number of aliphatic hydroxyl groups is 1. The SMILES string of the molecule is Cc1ccc(S(=O)(=O)N(Cc2ccccc2)C2(CO)COC(C)(C)OC2)cc1. The fraction of sp³-hybridized carbons (Fsp3) is 0.429. The molecule has 7 heteroatoms. The molecule has 1 aliphatic rings. The highest BCUT2D eigenvalue weighted by atomic mass is 32.2. The molecule has 1 heterocycles. The molecule has 0 radical (unpaired) electrons. The summed E-state index contributed by atoms with van der Waals surface area (Å²) in [5.41, 5.74) is 0.571. The summed E-state index contributed by atoms with van der Waals surface area (Å²) in [5.74, 6) is -0.829. The second-order valence-corrected chi connectivity index (χ2v) is 9.53. The first-order valence-corrected chi connectivity index (χ1v) is 10.6. The standard InChI is InChI=1S/C21H27NO5S/c1-17-9-11-19(12-10-17)28(24,25)22(13-18-7-5-4-6-8-18)21(14-23)15-26-20(2,3)27-16-21/h4-12,23H,13-16H2,1-3H3. The summed E-state index contributed by atoms with van der Waals surface area (Å²) in [6.45, 7) is 5.20. The van der Waals surface area contributed by atoms with Crippen molar-refractivity contribution < 1.29 is 23.0 Å². The molecule has 0 spiro atoms. The molecule has 6 nitrogen and oxygen atoms in total. The summed E-state index contributed by atoms with van der Waals surface area (Å²) >= 11 is 0. The van der Waals surface area contributed by atoms with Crippen molar-refractivity contribution in [3.05, 3.63) is 65.7 Å². The molecule has 2 aromatic carbocycles. The summed E-state index contributed by atoms with van der Waals surface area (Å²) in [7, 11) is -3.91. The van der Waals surface area contributed by atoms with Crippen molar-refractivity contribution in [1.29, 1.82) is 0 Å². The molecule has 0 aromatic heterocycles. The smallest absolute Gasteiger partial charge is 0.244 e. The second-order valence-electron chi connectivity index (χ2n) is 7.67. The lowest BCUT2D eigenvalue weighted by atomic mass is 10.0. The van der Waals surface area contributed by atoms with Crippen LogP contribution < -0.4 is 0 Å². The van der Waals surface area contributed by atoms with Crippen molar-refractivity contribution in [3.8, 4) is 0 Å². The number of sulfonamides is 1. The first-order chi connectivity index (χ1) is 13.2. The minimum atomic E-state index is -3.91. The Morgan fingerprint density at radius 2 is 1.57 bits per heavy atom. The summed E-state index contributed by atoms with van der Waals surface area (Å²) in [6.07, 6.45) is 0. The lowest BCUT2D eigenvalue weighted by Gasteiger charge is -2.47. The van der Waals surface area contributed by atoms with Gasteiger partial charge in [0.25, 0.3) is 0 Å². The summed E-state index contributed by atoms with van der Waals surface area (Å²) in [6, 6.07) is 16.0. The molecule has 1 fully saturated rings. The maximum absolute atomic E-state index is 13.6. The number of hydrogen-bond donors (Lipinski definition) is 1. The normalized spacial score (nSPS) is 18.9. The van der Waals surface area contributed by atoms with Crippen molar-refractivity contribution in [2.75, 3.05) is 19.8 Å².